The minimum absolute atomic E-state index is 0.0169. The van der Waals surface area contributed by atoms with Crippen LogP contribution in [0.1, 0.15) is 13.3 Å². The van der Waals surface area contributed by atoms with E-state index in [4.69, 9.17) is 0 Å². The SMILES string of the molecule is CN([C@]1(C)CCS(=O)(=O)C1)S(=O)(=O)c1cc(Br)ccc1Br. The Morgan fingerprint density at radius 1 is 1.29 bits per heavy atom. The van der Waals surface area contributed by atoms with Crippen molar-refractivity contribution in [2.24, 2.45) is 0 Å². The molecule has 0 spiro atoms. The smallest absolute Gasteiger partial charge is 0.229 e. The largest absolute Gasteiger partial charge is 0.244 e. The molecule has 5 nitrogen and oxygen atoms in total. The first-order valence-electron chi connectivity index (χ1n) is 6.12. The highest BCUT2D eigenvalue weighted by atomic mass is 79.9. The number of hydrogen-bond acceptors (Lipinski definition) is 4. The lowest BCUT2D eigenvalue weighted by Gasteiger charge is -2.33. The van der Waals surface area contributed by atoms with E-state index in [2.05, 4.69) is 31.9 Å². The fraction of sp³-hybridized carbons (Fsp3) is 0.500. The predicted octanol–water partition coefficient (Wildman–Crippen LogP) is 2.41. The van der Waals surface area contributed by atoms with E-state index in [0.717, 1.165) is 0 Å². The summed E-state index contributed by atoms with van der Waals surface area (Å²) in [7, 11) is -5.54. The molecule has 0 saturated carbocycles. The van der Waals surface area contributed by atoms with Crippen LogP contribution in [0.2, 0.25) is 0 Å². The molecular weight excluding hydrogens is 446 g/mol. The molecule has 0 N–H and O–H groups in total. The van der Waals surface area contributed by atoms with Gasteiger partial charge in [-0.2, -0.15) is 4.31 Å². The molecule has 1 aliphatic heterocycles. The molecule has 0 unspecified atom stereocenters. The lowest BCUT2D eigenvalue weighted by atomic mass is 10.0. The summed E-state index contributed by atoms with van der Waals surface area (Å²) < 4.78 is 51.2. The zero-order valence-corrected chi connectivity index (χ0v) is 16.3. The summed E-state index contributed by atoms with van der Waals surface area (Å²) in [5.41, 5.74) is -0.917. The predicted molar refractivity (Wildman–Crippen MR) is 88.5 cm³/mol. The van der Waals surface area contributed by atoms with Crippen LogP contribution in [0.5, 0.6) is 0 Å². The van der Waals surface area contributed by atoms with Gasteiger partial charge in [0.15, 0.2) is 9.84 Å². The van der Waals surface area contributed by atoms with Crippen molar-refractivity contribution in [3.05, 3.63) is 27.1 Å². The second-order valence-electron chi connectivity index (χ2n) is 5.39. The molecule has 1 saturated heterocycles. The Morgan fingerprint density at radius 2 is 1.90 bits per heavy atom. The van der Waals surface area contributed by atoms with E-state index in [9.17, 15) is 16.8 Å². The Bertz CT molecular complexity index is 776. The summed E-state index contributed by atoms with van der Waals surface area (Å²) in [6, 6.07) is 4.87. The maximum absolute atomic E-state index is 12.8. The second-order valence-corrected chi connectivity index (χ2v) is 11.3. The Balaban J connectivity index is 2.47. The van der Waals surface area contributed by atoms with Gasteiger partial charge >= 0.3 is 0 Å². The number of sulfonamides is 1. The zero-order valence-electron chi connectivity index (χ0n) is 11.5. The lowest BCUT2D eigenvalue weighted by Crippen LogP contribution is -2.48. The van der Waals surface area contributed by atoms with Crippen molar-refractivity contribution in [2.45, 2.75) is 23.8 Å². The molecule has 1 aromatic carbocycles. The van der Waals surface area contributed by atoms with Crippen molar-refractivity contribution in [3.63, 3.8) is 0 Å². The fourth-order valence-electron chi connectivity index (χ4n) is 2.35. The number of hydrogen-bond donors (Lipinski definition) is 0. The van der Waals surface area contributed by atoms with Gasteiger partial charge in [0.1, 0.15) is 0 Å². The molecule has 0 amide bonds. The summed E-state index contributed by atoms with van der Waals surface area (Å²) >= 11 is 6.49. The van der Waals surface area contributed by atoms with Crippen LogP contribution in [-0.4, -0.2) is 45.2 Å². The van der Waals surface area contributed by atoms with Gasteiger partial charge in [-0.3, -0.25) is 0 Å². The van der Waals surface area contributed by atoms with E-state index in [1.807, 2.05) is 0 Å². The molecular formula is C12H15Br2NO4S2. The summed E-state index contributed by atoms with van der Waals surface area (Å²) in [5, 5.41) is 0. The number of halogens is 2. The third-order valence-corrected chi connectivity index (χ3v) is 9.16. The van der Waals surface area contributed by atoms with Crippen LogP contribution in [0.3, 0.4) is 0 Å². The minimum Gasteiger partial charge on any atom is -0.229 e. The second kappa shape index (κ2) is 5.59. The monoisotopic (exact) mass is 459 g/mol. The lowest BCUT2D eigenvalue weighted by molar-refractivity contribution is 0.272. The molecule has 1 atom stereocenters. The number of rotatable bonds is 3. The van der Waals surface area contributed by atoms with E-state index < -0.39 is 25.4 Å². The summed E-state index contributed by atoms with van der Waals surface area (Å²) in [6.45, 7) is 1.67. The van der Waals surface area contributed by atoms with Gasteiger partial charge in [-0.15, -0.1) is 0 Å². The van der Waals surface area contributed by atoms with Gasteiger partial charge in [0.25, 0.3) is 0 Å². The van der Waals surface area contributed by atoms with E-state index in [-0.39, 0.29) is 16.4 Å². The fourth-order valence-corrected chi connectivity index (χ4v) is 7.61. The average molecular weight is 461 g/mol. The van der Waals surface area contributed by atoms with Crippen molar-refractivity contribution >= 4 is 51.7 Å². The minimum atomic E-state index is -3.79. The molecule has 2 rings (SSSR count). The van der Waals surface area contributed by atoms with E-state index >= 15 is 0 Å². The molecule has 118 valence electrons. The van der Waals surface area contributed by atoms with Gasteiger partial charge in [-0.1, -0.05) is 15.9 Å². The molecule has 0 aromatic heterocycles. The molecule has 1 aromatic rings. The highest BCUT2D eigenvalue weighted by Crippen LogP contribution is 2.35. The zero-order chi connectivity index (χ0) is 16.1. The first kappa shape index (κ1) is 17.4. The van der Waals surface area contributed by atoms with Crippen molar-refractivity contribution in [2.75, 3.05) is 18.6 Å². The van der Waals surface area contributed by atoms with Crippen LogP contribution in [0.25, 0.3) is 0 Å². The van der Waals surface area contributed by atoms with Gasteiger partial charge in [0.2, 0.25) is 10.0 Å². The maximum Gasteiger partial charge on any atom is 0.244 e. The van der Waals surface area contributed by atoms with E-state index in [0.29, 0.717) is 15.4 Å². The molecule has 9 heteroatoms. The highest BCUT2D eigenvalue weighted by molar-refractivity contribution is 9.11. The first-order chi connectivity index (χ1) is 9.48. The molecule has 1 fully saturated rings. The van der Waals surface area contributed by atoms with E-state index in [1.54, 1.807) is 19.1 Å². The average Bonchev–Trinajstić information content (AvgIpc) is 2.66. The Morgan fingerprint density at radius 3 is 2.43 bits per heavy atom. The molecule has 0 aliphatic carbocycles. The Kier molecular flexibility index (Phi) is 4.63. The Labute approximate surface area is 141 Å². The molecule has 21 heavy (non-hydrogen) atoms. The van der Waals surface area contributed by atoms with Crippen molar-refractivity contribution in [3.8, 4) is 0 Å². The van der Waals surface area contributed by atoms with Gasteiger partial charge in [0.05, 0.1) is 16.4 Å². The topological polar surface area (TPSA) is 71.5 Å². The number of nitrogens with zero attached hydrogens (tertiary/aromatic N) is 1. The van der Waals surface area contributed by atoms with Crippen molar-refractivity contribution in [1.29, 1.82) is 0 Å². The number of benzene rings is 1. The summed E-state index contributed by atoms with van der Waals surface area (Å²) in [5.74, 6) is -0.135. The molecule has 1 aliphatic rings. The van der Waals surface area contributed by atoms with Gasteiger partial charge < -0.3 is 0 Å². The summed E-state index contributed by atoms with van der Waals surface area (Å²) in [6.07, 6.45) is 0.302. The van der Waals surface area contributed by atoms with Crippen molar-refractivity contribution in [1.82, 2.24) is 4.31 Å². The van der Waals surface area contributed by atoms with E-state index in [1.165, 1.54) is 17.4 Å². The third kappa shape index (κ3) is 3.36. The van der Waals surface area contributed by atoms with Gasteiger partial charge in [-0.25, -0.2) is 16.8 Å². The van der Waals surface area contributed by atoms with Gasteiger partial charge in [-0.05, 0) is 47.5 Å². The van der Waals surface area contributed by atoms with Gasteiger partial charge in [0, 0.05) is 21.5 Å². The van der Waals surface area contributed by atoms with Crippen LogP contribution < -0.4 is 0 Å². The van der Waals surface area contributed by atoms with Crippen LogP contribution in [-0.2, 0) is 19.9 Å². The van der Waals surface area contributed by atoms with Crippen LogP contribution >= 0.6 is 31.9 Å². The third-order valence-electron chi connectivity index (χ3n) is 3.77. The quantitative estimate of drug-likeness (QED) is 0.694. The van der Waals surface area contributed by atoms with Crippen molar-refractivity contribution < 1.29 is 16.8 Å². The first-order valence-corrected chi connectivity index (χ1v) is 11.0. The summed E-state index contributed by atoms with van der Waals surface area (Å²) in [4.78, 5) is 0.116. The highest BCUT2D eigenvalue weighted by Gasteiger charge is 2.46. The maximum atomic E-state index is 12.8. The molecule has 0 bridgehead atoms. The standard InChI is InChI=1S/C12H15Br2NO4S2/c1-12(5-6-20(16,17)8-12)15(2)21(18,19)11-7-9(13)3-4-10(11)14/h3-4,7H,5-6,8H2,1-2H3/t12-/m1/s1. The normalized spacial score (nSPS) is 25.4. The molecule has 0 radical (unpaired) electrons. The number of sulfone groups is 1. The van der Waals surface area contributed by atoms with Crippen LogP contribution in [0.4, 0.5) is 0 Å². The molecule has 1 heterocycles. The van der Waals surface area contributed by atoms with Crippen LogP contribution in [0, 0.1) is 0 Å². The Hall–Kier alpha value is 0.0400. The van der Waals surface area contributed by atoms with Crippen LogP contribution in [0.15, 0.2) is 32.0 Å².